The molecule has 0 aliphatic heterocycles. The highest BCUT2D eigenvalue weighted by Crippen LogP contribution is 2.28. The first kappa shape index (κ1) is 13.9. The van der Waals surface area contributed by atoms with Crippen LogP contribution in [0.4, 0.5) is 5.82 Å². The van der Waals surface area contributed by atoms with Crippen molar-refractivity contribution in [3.05, 3.63) is 41.8 Å². The van der Waals surface area contributed by atoms with Crippen LogP contribution in [0.5, 0.6) is 5.75 Å². The highest BCUT2D eigenvalue weighted by atomic mass is 16.5. The smallest absolute Gasteiger partial charge is 0.298 e. The number of aryl methyl sites for hydroxylation is 1. The molecule has 0 fully saturated rings. The van der Waals surface area contributed by atoms with Gasteiger partial charge in [0.1, 0.15) is 11.5 Å². The van der Waals surface area contributed by atoms with Gasteiger partial charge >= 0.3 is 0 Å². The van der Waals surface area contributed by atoms with Crippen molar-refractivity contribution in [1.29, 1.82) is 0 Å². The van der Waals surface area contributed by atoms with Gasteiger partial charge < -0.3 is 19.6 Å². The molecular weight excluding hydrogens is 286 g/mol. The zero-order valence-corrected chi connectivity index (χ0v) is 12.0. The SMILES string of the molecule is COc1cccc2[nH]cc(C(=O)C(=O)Nc3cc(C)on3)c12. The maximum Gasteiger partial charge on any atom is 0.298 e. The minimum Gasteiger partial charge on any atom is -0.496 e. The number of ketones is 1. The summed E-state index contributed by atoms with van der Waals surface area (Å²) in [7, 11) is 1.51. The van der Waals surface area contributed by atoms with E-state index in [9.17, 15) is 9.59 Å². The standard InChI is InChI=1S/C15H13N3O4/c1-8-6-12(18-22-8)17-15(20)14(19)9-7-16-10-4-3-5-11(21-2)13(9)10/h3-7,16H,1-2H3,(H,17,18,20). The summed E-state index contributed by atoms with van der Waals surface area (Å²) in [4.78, 5) is 27.4. The van der Waals surface area contributed by atoms with Gasteiger partial charge in [-0.15, -0.1) is 0 Å². The van der Waals surface area contributed by atoms with Crippen molar-refractivity contribution in [3.8, 4) is 5.75 Å². The van der Waals surface area contributed by atoms with Gasteiger partial charge in [-0.3, -0.25) is 9.59 Å². The lowest BCUT2D eigenvalue weighted by atomic mass is 10.1. The van der Waals surface area contributed by atoms with Gasteiger partial charge in [-0.05, 0) is 19.1 Å². The molecule has 0 aliphatic carbocycles. The summed E-state index contributed by atoms with van der Waals surface area (Å²) in [5.74, 6) is -0.220. The van der Waals surface area contributed by atoms with Crippen LogP contribution in [0.15, 0.2) is 35.0 Å². The first-order chi connectivity index (χ1) is 10.6. The van der Waals surface area contributed by atoms with E-state index in [1.54, 1.807) is 25.1 Å². The molecule has 0 aliphatic rings. The number of ether oxygens (including phenoxy) is 1. The molecule has 1 amide bonds. The Morgan fingerprint density at radius 1 is 1.36 bits per heavy atom. The average Bonchev–Trinajstić information content (AvgIpc) is 3.12. The predicted molar refractivity (Wildman–Crippen MR) is 79.1 cm³/mol. The minimum absolute atomic E-state index is 0.197. The number of nitrogens with one attached hydrogen (secondary N) is 2. The van der Waals surface area contributed by atoms with Crippen molar-refractivity contribution in [3.63, 3.8) is 0 Å². The Morgan fingerprint density at radius 2 is 2.18 bits per heavy atom. The van der Waals surface area contributed by atoms with Crippen LogP contribution in [-0.2, 0) is 4.79 Å². The van der Waals surface area contributed by atoms with E-state index < -0.39 is 11.7 Å². The number of Topliss-reactive ketones (excluding diaryl/α,β-unsaturated/α-hetero) is 1. The number of aromatic amines is 1. The van der Waals surface area contributed by atoms with E-state index in [-0.39, 0.29) is 11.4 Å². The van der Waals surface area contributed by atoms with Gasteiger partial charge in [0.05, 0.1) is 18.1 Å². The molecular formula is C15H13N3O4. The number of hydrogen-bond donors (Lipinski definition) is 2. The van der Waals surface area contributed by atoms with Gasteiger partial charge in [-0.2, -0.15) is 0 Å². The lowest BCUT2D eigenvalue weighted by Gasteiger charge is -2.04. The Labute approximate surface area is 125 Å². The second-order valence-electron chi connectivity index (χ2n) is 4.69. The van der Waals surface area contributed by atoms with Crippen LogP contribution < -0.4 is 10.1 Å². The molecule has 22 heavy (non-hydrogen) atoms. The van der Waals surface area contributed by atoms with Gasteiger partial charge in [-0.1, -0.05) is 11.2 Å². The van der Waals surface area contributed by atoms with Crippen molar-refractivity contribution in [2.75, 3.05) is 12.4 Å². The molecule has 0 saturated carbocycles. The number of aromatic nitrogens is 2. The van der Waals surface area contributed by atoms with Gasteiger partial charge in [0.15, 0.2) is 5.82 Å². The predicted octanol–water partition coefficient (Wildman–Crippen LogP) is 2.29. The number of anilines is 1. The van der Waals surface area contributed by atoms with E-state index in [0.717, 1.165) is 0 Å². The van der Waals surface area contributed by atoms with Crippen LogP contribution in [0, 0.1) is 6.92 Å². The van der Waals surface area contributed by atoms with Gasteiger partial charge in [0.25, 0.3) is 11.7 Å². The van der Waals surface area contributed by atoms with Crippen LogP contribution in [-0.4, -0.2) is 28.9 Å². The fourth-order valence-corrected chi connectivity index (χ4v) is 2.22. The van der Waals surface area contributed by atoms with Crippen LogP contribution in [0.3, 0.4) is 0 Å². The maximum atomic E-state index is 12.4. The molecule has 112 valence electrons. The third-order valence-corrected chi connectivity index (χ3v) is 3.21. The van der Waals surface area contributed by atoms with Gasteiger partial charge in [-0.25, -0.2) is 0 Å². The molecule has 2 N–H and O–H groups in total. The first-order valence-corrected chi connectivity index (χ1v) is 6.53. The highest BCUT2D eigenvalue weighted by Gasteiger charge is 2.22. The number of hydrogen-bond acceptors (Lipinski definition) is 5. The fourth-order valence-electron chi connectivity index (χ4n) is 2.22. The molecule has 1 aromatic carbocycles. The molecule has 3 rings (SSSR count). The molecule has 7 nitrogen and oxygen atoms in total. The fraction of sp³-hybridized carbons (Fsp3) is 0.133. The van der Waals surface area contributed by atoms with Crippen molar-refractivity contribution in [2.45, 2.75) is 6.92 Å². The molecule has 0 bridgehead atoms. The molecule has 2 heterocycles. The van der Waals surface area contributed by atoms with E-state index >= 15 is 0 Å². The molecule has 3 aromatic rings. The largest absolute Gasteiger partial charge is 0.496 e. The first-order valence-electron chi connectivity index (χ1n) is 6.53. The molecule has 0 radical (unpaired) electrons. The molecule has 0 unspecified atom stereocenters. The summed E-state index contributed by atoms with van der Waals surface area (Å²) in [5.41, 5.74) is 0.956. The Balaban J connectivity index is 1.93. The van der Waals surface area contributed by atoms with E-state index in [1.165, 1.54) is 19.4 Å². The van der Waals surface area contributed by atoms with Crippen molar-refractivity contribution < 1.29 is 18.8 Å². The average molecular weight is 299 g/mol. The third kappa shape index (κ3) is 2.32. The zero-order chi connectivity index (χ0) is 15.7. The van der Waals surface area contributed by atoms with E-state index in [0.29, 0.717) is 22.4 Å². The summed E-state index contributed by atoms with van der Waals surface area (Å²) < 4.78 is 10.1. The topological polar surface area (TPSA) is 97.2 Å². The number of H-pyrrole nitrogens is 1. The highest BCUT2D eigenvalue weighted by molar-refractivity contribution is 6.48. The number of methoxy groups -OCH3 is 1. The van der Waals surface area contributed by atoms with Crippen molar-refractivity contribution in [1.82, 2.24) is 10.1 Å². The number of nitrogens with zero attached hydrogens (tertiary/aromatic N) is 1. The number of fused-ring (bicyclic) bond motifs is 1. The summed E-state index contributed by atoms with van der Waals surface area (Å²) in [6.45, 7) is 1.69. The molecule has 7 heteroatoms. The minimum atomic E-state index is -0.792. The second-order valence-corrected chi connectivity index (χ2v) is 4.69. The Hall–Kier alpha value is -3.09. The van der Waals surface area contributed by atoms with Gasteiger partial charge in [0.2, 0.25) is 0 Å². The Morgan fingerprint density at radius 3 is 2.86 bits per heavy atom. The van der Waals surface area contributed by atoms with Crippen LogP contribution >= 0.6 is 0 Å². The van der Waals surface area contributed by atoms with E-state index in [4.69, 9.17) is 9.26 Å². The lowest BCUT2D eigenvalue weighted by Crippen LogP contribution is -2.22. The molecule has 2 aromatic heterocycles. The summed E-state index contributed by atoms with van der Waals surface area (Å²) in [6.07, 6.45) is 1.49. The molecule has 0 saturated heterocycles. The van der Waals surface area contributed by atoms with Crippen molar-refractivity contribution >= 4 is 28.4 Å². The number of amides is 1. The second kappa shape index (κ2) is 5.36. The quantitative estimate of drug-likeness (QED) is 0.569. The van der Waals surface area contributed by atoms with Gasteiger partial charge in [0, 0.05) is 17.8 Å². The monoisotopic (exact) mass is 299 g/mol. The summed E-state index contributed by atoms with van der Waals surface area (Å²) in [6, 6.07) is 6.85. The Kier molecular flexibility index (Phi) is 3.38. The van der Waals surface area contributed by atoms with E-state index in [1.807, 2.05) is 0 Å². The van der Waals surface area contributed by atoms with Crippen LogP contribution in [0.25, 0.3) is 10.9 Å². The maximum absolute atomic E-state index is 12.4. The normalized spacial score (nSPS) is 10.6. The lowest BCUT2D eigenvalue weighted by molar-refractivity contribution is -0.112. The molecule has 0 atom stereocenters. The number of carbonyl (C=O) groups excluding carboxylic acids is 2. The third-order valence-electron chi connectivity index (χ3n) is 3.21. The number of rotatable bonds is 4. The summed E-state index contributed by atoms with van der Waals surface area (Å²) in [5, 5.41) is 6.60. The number of carbonyl (C=O) groups is 2. The van der Waals surface area contributed by atoms with Crippen molar-refractivity contribution in [2.24, 2.45) is 0 Å². The van der Waals surface area contributed by atoms with Crippen LogP contribution in [0.1, 0.15) is 16.1 Å². The molecule has 0 spiro atoms. The zero-order valence-electron chi connectivity index (χ0n) is 12.0. The number of benzene rings is 1. The van der Waals surface area contributed by atoms with Crippen LogP contribution in [0.2, 0.25) is 0 Å². The Bertz CT molecular complexity index is 863. The van der Waals surface area contributed by atoms with E-state index in [2.05, 4.69) is 15.5 Å². The summed E-state index contributed by atoms with van der Waals surface area (Å²) >= 11 is 0.